The van der Waals surface area contributed by atoms with Gasteiger partial charge in [0.1, 0.15) is 11.7 Å². The highest BCUT2D eigenvalue weighted by Gasteiger charge is 2.58. The third-order valence-corrected chi connectivity index (χ3v) is 6.43. The van der Waals surface area contributed by atoms with Gasteiger partial charge in [-0.3, -0.25) is 4.79 Å². The maximum Gasteiger partial charge on any atom is 0.194 e. The smallest absolute Gasteiger partial charge is 0.194 e. The first-order valence-electron chi connectivity index (χ1n) is 8.66. The molecule has 0 aromatic carbocycles. The minimum atomic E-state index is -0.610. The van der Waals surface area contributed by atoms with Crippen molar-refractivity contribution < 1.29 is 14.6 Å². The molecule has 0 saturated carbocycles. The molecule has 23 heavy (non-hydrogen) atoms. The number of epoxide rings is 1. The number of aliphatic hydroxyl groups is 1. The predicted octanol–water partition coefficient (Wildman–Crippen LogP) is 3.73. The molecule has 126 valence electrons. The predicted molar refractivity (Wildman–Crippen MR) is 91.0 cm³/mol. The van der Waals surface area contributed by atoms with Gasteiger partial charge in [-0.1, -0.05) is 32.1 Å². The van der Waals surface area contributed by atoms with Crippen molar-refractivity contribution in [2.45, 2.75) is 71.2 Å². The van der Waals surface area contributed by atoms with Crippen molar-refractivity contribution in [2.24, 2.45) is 11.3 Å². The molecule has 1 fully saturated rings. The maximum atomic E-state index is 12.9. The number of ether oxygens (including phenoxy) is 1. The molecule has 1 N–H and O–H groups in total. The van der Waals surface area contributed by atoms with Gasteiger partial charge in [0.15, 0.2) is 5.78 Å². The summed E-state index contributed by atoms with van der Waals surface area (Å²) in [6, 6.07) is 0. The van der Waals surface area contributed by atoms with Crippen LogP contribution in [0.5, 0.6) is 0 Å². The zero-order valence-electron chi connectivity index (χ0n) is 14.7. The molecule has 0 spiro atoms. The molecule has 0 aromatic heterocycles. The number of aliphatic hydroxyl groups excluding tert-OH is 1. The lowest BCUT2D eigenvalue weighted by Crippen LogP contribution is -2.41. The Kier molecular flexibility index (Phi) is 3.93. The molecule has 3 heteroatoms. The summed E-state index contributed by atoms with van der Waals surface area (Å²) in [6.07, 6.45) is 6.65. The van der Waals surface area contributed by atoms with Gasteiger partial charge in [-0.2, -0.15) is 0 Å². The van der Waals surface area contributed by atoms with E-state index in [9.17, 15) is 9.90 Å². The van der Waals surface area contributed by atoms with E-state index in [0.717, 1.165) is 31.3 Å². The van der Waals surface area contributed by atoms with E-state index in [1.807, 2.05) is 6.92 Å². The summed E-state index contributed by atoms with van der Waals surface area (Å²) in [5.74, 6) is 0.0461. The van der Waals surface area contributed by atoms with Gasteiger partial charge in [-0.05, 0) is 62.5 Å². The minimum absolute atomic E-state index is 0.00375. The Morgan fingerprint density at radius 1 is 1.35 bits per heavy atom. The van der Waals surface area contributed by atoms with Crippen LogP contribution in [-0.4, -0.2) is 28.7 Å². The highest BCUT2D eigenvalue weighted by molar-refractivity contribution is 6.05. The van der Waals surface area contributed by atoms with Gasteiger partial charge in [0.25, 0.3) is 0 Å². The zero-order chi connectivity index (χ0) is 17.0. The third-order valence-electron chi connectivity index (χ3n) is 6.43. The minimum Gasteiger partial charge on any atom is -0.389 e. The van der Waals surface area contributed by atoms with Gasteiger partial charge in [0.2, 0.25) is 0 Å². The molecule has 1 aliphatic heterocycles. The number of carbonyl (C=O) groups is 1. The molecule has 3 nitrogen and oxygen atoms in total. The molecule has 0 amide bonds. The fourth-order valence-electron chi connectivity index (χ4n) is 4.05. The van der Waals surface area contributed by atoms with Crippen LogP contribution < -0.4 is 0 Å². The Labute approximate surface area is 139 Å². The van der Waals surface area contributed by atoms with Gasteiger partial charge in [0, 0.05) is 5.57 Å². The number of Topliss-reactive ketones (excluding diaryl/α,β-unsaturated/α-hetero) is 1. The summed E-state index contributed by atoms with van der Waals surface area (Å²) < 4.78 is 5.76. The number of ketones is 1. The summed E-state index contributed by atoms with van der Waals surface area (Å²) in [6.45, 7) is 12.6. The van der Waals surface area contributed by atoms with E-state index in [0.29, 0.717) is 5.57 Å². The van der Waals surface area contributed by atoms with Gasteiger partial charge < -0.3 is 9.84 Å². The van der Waals surface area contributed by atoms with Crippen molar-refractivity contribution in [3.8, 4) is 0 Å². The Morgan fingerprint density at radius 3 is 2.74 bits per heavy atom. The van der Waals surface area contributed by atoms with Crippen LogP contribution in [0.1, 0.15) is 53.4 Å². The van der Waals surface area contributed by atoms with Crippen molar-refractivity contribution >= 4 is 5.78 Å². The lowest BCUT2D eigenvalue weighted by atomic mass is 9.61. The number of carbonyl (C=O) groups excluding carboxylic acids is 1. The SMILES string of the molecule is C=C1C2=C[C@H](O)[C@@H](C)[C@]1(C)CCC(C)=CCC[C@@]1(C)O[C@@H]1C2=O. The molecular formula is C20H28O3. The molecule has 3 aliphatic rings. The maximum absolute atomic E-state index is 12.9. The molecule has 2 aliphatic carbocycles. The zero-order valence-corrected chi connectivity index (χ0v) is 14.7. The fraction of sp³-hybridized carbons (Fsp3) is 0.650. The van der Waals surface area contributed by atoms with Gasteiger partial charge in [-0.15, -0.1) is 0 Å². The standard InChI is InChI=1S/C20H28O3/c1-12-7-6-9-20(5)18(23-20)17(22)15-11-16(21)14(3)19(4,10-8-12)13(15)2/h7,11,14,16,18,21H,2,6,8-10H2,1,3-5H3/t14-,16+,18-,19-,20-/m1/s1. The number of allylic oxidation sites excluding steroid dienone is 3. The number of rotatable bonds is 0. The average Bonchev–Trinajstić information content (AvgIpc) is 3.17. The Bertz CT molecular complexity index is 614. The lowest BCUT2D eigenvalue weighted by Gasteiger charge is -2.44. The van der Waals surface area contributed by atoms with Gasteiger partial charge in [-0.25, -0.2) is 0 Å². The molecule has 0 unspecified atom stereocenters. The average molecular weight is 316 g/mol. The quantitative estimate of drug-likeness (QED) is 0.547. The number of fused-ring (bicyclic) bond motifs is 3. The molecule has 1 heterocycles. The van der Waals surface area contributed by atoms with Crippen LogP contribution in [0.3, 0.4) is 0 Å². The molecule has 1 saturated heterocycles. The van der Waals surface area contributed by atoms with Crippen molar-refractivity contribution in [2.75, 3.05) is 0 Å². The molecule has 2 bridgehead atoms. The Balaban J connectivity index is 2.03. The van der Waals surface area contributed by atoms with Crippen molar-refractivity contribution in [3.63, 3.8) is 0 Å². The molecule has 0 radical (unpaired) electrons. The second kappa shape index (κ2) is 5.42. The van der Waals surface area contributed by atoms with Gasteiger partial charge in [0.05, 0.1) is 6.10 Å². The van der Waals surface area contributed by atoms with E-state index in [-0.39, 0.29) is 28.8 Å². The normalized spacial score (nSPS) is 44.5. The second-order valence-electron chi connectivity index (χ2n) is 8.02. The third kappa shape index (κ3) is 2.64. The monoisotopic (exact) mass is 316 g/mol. The summed E-state index contributed by atoms with van der Waals surface area (Å²) in [5.41, 5.74) is 2.20. The van der Waals surface area contributed by atoms with Crippen LogP contribution in [0.15, 0.2) is 35.5 Å². The molecular weight excluding hydrogens is 288 g/mol. The van der Waals surface area contributed by atoms with Crippen LogP contribution in [0.2, 0.25) is 0 Å². The molecule has 0 aromatic rings. The molecule has 5 atom stereocenters. The largest absolute Gasteiger partial charge is 0.389 e. The van der Waals surface area contributed by atoms with E-state index in [1.165, 1.54) is 5.57 Å². The first-order chi connectivity index (χ1) is 10.7. The van der Waals surface area contributed by atoms with Crippen LogP contribution in [0, 0.1) is 11.3 Å². The van der Waals surface area contributed by atoms with Crippen LogP contribution >= 0.6 is 0 Å². The topological polar surface area (TPSA) is 49.8 Å². The highest BCUT2D eigenvalue weighted by Crippen LogP contribution is 2.51. The van der Waals surface area contributed by atoms with Crippen LogP contribution in [0.4, 0.5) is 0 Å². The van der Waals surface area contributed by atoms with Crippen LogP contribution in [-0.2, 0) is 9.53 Å². The van der Waals surface area contributed by atoms with Crippen LogP contribution in [0.25, 0.3) is 0 Å². The Morgan fingerprint density at radius 2 is 2.04 bits per heavy atom. The number of hydrogen-bond acceptors (Lipinski definition) is 3. The lowest BCUT2D eigenvalue weighted by molar-refractivity contribution is -0.117. The van der Waals surface area contributed by atoms with Crippen molar-refractivity contribution in [3.05, 3.63) is 35.5 Å². The van der Waals surface area contributed by atoms with E-state index in [4.69, 9.17) is 4.74 Å². The van der Waals surface area contributed by atoms with Gasteiger partial charge >= 0.3 is 0 Å². The van der Waals surface area contributed by atoms with E-state index in [2.05, 4.69) is 33.4 Å². The van der Waals surface area contributed by atoms with E-state index in [1.54, 1.807) is 6.08 Å². The summed E-state index contributed by atoms with van der Waals surface area (Å²) in [5, 5.41) is 10.5. The van der Waals surface area contributed by atoms with E-state index < -0.39 is 6.10 Å². The molecule has 3 rings (SSSR count). The highest BCUT2D eigenvalue weighted by atomic mass is 16.6. The van der Waals surface area contributed by atoms with Crippen molar-refractivity contribution in [1.29, 1.82) is 0 Å². The summed E-state index contributed by atoms with van der Waals surface area (Å²) >= 11 is 0. The second-order valence-corrected chi connectivity index (χ2v) is 8.02. The summed E-state index contributed by atoms with van der Waals surface area (Å²) in [4.78, 5) is 12.9. The first-order valence-corrected chi connectivity index (χ1v) is 8.66. The number of hydrogen-bond donors (Lipinski definition) is 1. The first kappa shape index (κ1) is 16.7. The fourth-order valence-corrected chi connectivity index (χ4v) is 4.05. The summed E-state index contributed by atoms with van der Waals surface area (Å²) in [7, 11) is 0. The van der Waals surface area contributed by atoms with E-state index >= 15 is 0 Å². The Hall–Kier alpha value is -1.19. The van der Waals surface area contributed by atoms with Crippen molar-refractivity contribution in [1.82, 2.24) is 0 Å².